The van der Waals surface area contributed by atoms with Gasteiger partial charge in [0.05, 0.1) is 0 Å². The Balaban J connectivity index is 1.47. The first kappa shape index (κ1) is 18.7. The van der Waals surface area contributed by atoms with Gasteiger partial charge in [0.2, 0.25) is 0 Å². The molecule has 6 nitrogen and oxygen atoms in total. The summed E-state index contributed by atoms with van der Waals surface area (Å²) in [7, 11) is 0. The minimum atomic E-state index is -0.240. The molecule has 0 saturated carbocycles. The molecule has 0 radical (unpaired) electrons. The van der Waals surface area contributed by atoms with E-state index in [2.05, 4.69) is 16.0 Å². The Labute approximate surface area is 183 Å². The molecule has 1 fully saturated rings. The van der Waals surface area contributed by atoms with Crippen LogP contribution in [-0.2, 0) is 0 Å². The first-order chi connectivity index (χ1) is 15.3. The summed E-state index contributed by atoms with van der Waals surface area (Å²) in [5, 5.41) is 6.67. The van der Waals surface area contributed by atoms with E-state index in [0.29, 0.717) is 5.82 Å². The number of halogens is 1. The number of fused-ring (bicyclic) bond motifs is 2. The summed E-state index contributed by atoms with van der Waals surface area (Å²) in [6, 6.07) is 12.6. The number of pyridine rings is 2. The standard InChI is InChI=1S/C23H19FN6S/c24-18-7-5-15(6-8-18)17-12-19-21(26-14-17)31-23-27-20(16-4-3-9-25-13-16)28-30(23)22(19)29-10-1-2-11-29/h3-9,12-14,22H,1-2,10-11H2/t22-/m1/s1. The van der Waals surface area contributed by atoms with Crippen molar-refractivity contribution in [3.8, 4) is 22.5 Å². The summed E-state index contributed by atoms with van der Waals surface area (Å²) >= 11 is 1.54. The second-order valence-corrected chi connectivity index (χ2v) is 8.70. The molecule has 0 unspecified atom stereocenters. The highest BCUT2D eigenvalue weighted by Gasteiger charge is 2.35. The third-order valence-corrected chi connectivity index (χ3v) is 6.76. The van der Waals surface area contributed by atoms with Crippen molar-refractivity contribution >= 4 is 11.8 Å². The third kappa shape index (κ3) is 3.32. The summed E-state index contributed by atoms with van der Waals surface area (Å²) in [4.78, 5) is 16.2. The van der Waals surface area contributed by atoms with Crippen molar-refractivity contribution in [1.29, 1.82) is 0 Å². The van der Waals surface area contributed by atoms with Crippen LogP contribution in [0.5, 0.6) is 0 Å². The molecule has 0 aliphatic carbocycles. The molecular weight excluding hydrogens is 411 g/mol. The molecule has 1 saturated heterocycles. The molecule has 4 aromatic rings. The number of likely N-dealkylation sites (tertiary alicyclic amines) is 1. The highest BCUT2D eigenvalue weighted by atomic mass is 32.2. The van der Waals surface area contributed by atoms with Gasteiger partial charge in [-0.05, 0) is 60.5 Å². The molecular formula is C23H19FN6S. The van der Waals surface area contributed by atoms with Crippen LogP contribution in [0.15, 0.2) is 71.2 Å². The van der Waals surface area contributed by atoms with Crippen LogP contribution < -0.4 is 0 Å². The SMILES string of the molecule is Fc1ccc(-c2cnc3c(c2)[C@H](N2CCCC2)n2nc(-c4cccnc4)nc2S3)cc1. The largest absolute Gasteiger partial charge is 0.278 e. The van der Waals surface area contributed by atoms with Crippen molar-refractivity contribution in [3.63, 3.8) is 0 Å². The van der Waals surface area contributed by atoms with Crippen LogP contribution in [0.3, 0.4) is 0 Å². The Kier molecular flexibility index (Phi) is 4.54. The predicted octanol–water partition coefficient (Wildman–Crippen LogP) is 4.65. The molecule has 31 heavy (non-hydrogen) atoms. The normalized spacial score (nSPS) is 18.0. The summed E-state index contributed by atoms with van der Waals surface area (Å²) in [5.74, 6) is 0.432. The van der Waals surface area contributed by atoms with E-state index in [-0.39, 0.29) is 12.0 Å². The van der Waals surface area contributed by atoms with Crippen LogP contribution in [0.2, 0.25) is 0 Å². The highest BCUT2D eigenvalue weighted by Crippen LogP contribution is 2.43. The predicted molar refractivity (Wildman–Crippen MR) is 116 cm³/mol. The van der Waals surface area contributed by atoms with Crippen LogP contribution in [-0.4, -0.2) is 42.7 Å². The average molecular weight is 431 g/mol. The monoisotopic (exact) mass is 430 g/mol. The number of hydrogen-bond acceptors (Lipinski definition) is 6. The van der Waals surface area contributed by atoms with Gasteiger partial charge in [0.1, 0.15) is 17.0 Å². The van der Waals surface area contributed by atoms with Gasteiger partial charge < -0.3 is 0 Å². The zero-order valence-corrected chi connectivity index (χ0v) is 17.5. The summed E-state index contributed by atoms with van der Waals surface area (Å²) < 4.78 is 15.4. The average Bonchev–Trinajstić information content (AvgIpc) is 3.48. The van der Waals surface area contributed by atoms with Gasteiger partial charge in [0.25, 0.3) is 0 Å². The van der Waals surface area contributed by atoms with Crippen LogP contribution in [0.25, 0.3) is 22.5 Å². The smallest absolute Gasteiger partial charge is 0.194 e. The molecule has 1 atom stereocenters. The van der Waals surface area contributed by atoms with Gasteiger partial charge in [-0.3, -0.25) is 9.88 Å². The molecule has 8 heteroatoms. The topological polar surface area (TPSA) is 59.7 Å². The van der Waals surface area contributed by atoms with Crippen molar-refractivity contribution in [2.45, 2.75) is 29.2 Å². The molecule has 0 N–H and O–H groups in total. The molecule has 1 aromatic carbocycles. The molecule has 2 aliphatic rings. The van der Waals surface area contributed by atoms with Crippen molar-refractivity contribution < 1.29 is 4.39 Å². The fourth-order valence-electron chi connectivity index (χ4n) is 4.25. The van der Waals surface area contributed by atoms with Crippen molar-refractivity contribution in [3.05, 3.63) is 72.4 Å². The Morgan fingerprint density at radius 3 is 2.58 bits per heavy atom. The quantitative estimate of drug-likeness (QED) is 0.472. The molecule has 154 valence electrons. The maximum atomic E-state index is 13.4. The molecule has 5 heterocycles. The Morgan fingerprint density at radius 2 is 1.81 bits per heavy atom. The zero-order valence-electron chi connectivity index (χ0n) is 16.6. The fraction of sp³-hybridized carbons (Fsp3) is 0.217. The van der Waals surface area contributed by atoms with Crippen LogP contribution >= 0.6 is 11.8 Å². The van der Waals surface area contributed by atoms with E-state index in [0.717, 1.165) is 45.5 Å². The lowest BCUT2D eigenvalue weighted by Crippen LogP contribution is -2.34. The van der Waals surface area contributed by atoms with E-state index in [1.54, 1.807) is 24.5 Å². The van der Waals surface area contributed by atoms with Crippen molar-refractivity contribution in [2.75, 3.05) is 13.1 Å². The Hall–Kier alpha value is -3.10. The first-order valence-corrected chi connectivity index (χ1v) is 11.1. The van der Waals surface area contributed by atoms with Crippen LogP contribution in [0.1, 0.15) is 24.6 Å². The second-order valence-electron chi connectivity index (χ2n) is 7.75. The summed E-state index contributed by atoms with van der Waals surface area (Å²) in [6.45, 7) is 2.02. The maximum absolute atomic E-state index is 13.4. The van der Waals surface area contributed by atoms with Crippen molar-refractivity contribution in [1.82, 2.24) is 29.6 Å². The van der Waals surface area contributed by atoms with E-state index >= 15 is 0 Å². The molecule has 3 aromatic heterocycles. The number of benzene rings is 1. The van der Waals surface area contributed by atoms with Crippen LogP contribution in [0, 0.1) is 5.82 Å². The van der Waals surface area contributed by atoms with Crippen LogP contribution in [0.4, 0.5) is 4.39 Å². The van der Waals surface area contributed by atoms with Gasteiger partial charge in [-0.25, -0.2) is 19.0 Å². The van der Waals surface area contributed by atoms with Gasteiger partial charge in [-0.15, -0.1) is 5.10 Å². The van der Waals surface area contributed by atoms with E-state index in [9.17, 15) is 4.39 Å². The lowest BCUT2D eigenvalue weighted by Gasteiger charge is -2.32. The number of aromatic nitrogens is 5. The lowest BCUT2D eigenvalue weighted by atomic mass is 10.0. The van der Waals surface area contributed by atoms with Crippen molar-refractivity contribution in [2.24, 2.45) is 0 Å². The lowest BCUT2D eigenvalue weighted by molar-refractivity contribution is 0.182. The number of rotatable bonds is 3. The van der Waals surface area contributed by atoms with E-state index in [4.69, 9.17) is 15.1 Å². The van der Waals surface area contributed by atoms with E-state index < -0.39 is 0 Å². The summed E-state index contributed by atoms with van der Waals surface area (Å²) in [6.07, 6.45) is 7.67. The molecule has 0 amide bonds. The van der Waals surface area contributed by atoms with Gasteiger partial charge in [0, 0.05) is 48.4 Å². The van der Waals surface area contributed by atoms with E-state index in [1.165, 1.54) is 36.7 Å². The summed E-state index contributed by atoms with van der Waals surface area (Å²) in [5.41, 5.74) is 3.93. The Morgan fingerprint density at radius 1 is 0.968 bits per heavy atom. The van der Waals surface area contributed by atoms with Gasteiger partial charge >= 0.3 is 0 Å². The molecule has 0 spiro atoms. The molecule has 2 aliphatic heterocycles. The maximum Gasteiger partial charge on any atom is 0.194 e. The number of nitrogens with zero attached hydrogens (tertiary/aromatic N) is 6. The minimum Gasteiger partial charge on any atom is -0.278 e. The fourth-order valence-corrected chi connectivity index (χ4v) is 5.18. The number of hydrogen-bond donors (Lipinski definition) is 0. The van der Waals surface area contributed by atoms with Gasteiger partial charge in [-0.1, -0.05) is 12.1 Å². The molecule has 0 bridgehead atoms. The minimum absolute atomic E-state index is 0.0560. The second kappa shape index (κ2) is 7.55. The highest BCUT2D eigenvalue weighted by molar-refractivity contribution is 7.99. The van der Waals surface area contributed by atoms with Gasteiger partial charge in [0.15, 0.2) is 11.0 Å². The van der Waals surface area contributed by atoms with E-state index in [1.807, 2.05) is 23.0 Å². The third-order valence-electron chi connectivity index (χ3n) is 5.76. The molecule has 6 rings (SSSR count). The zero-order chi connectivity index (χ0) is 20.8. The Bertz CT molecular complexity index is 1230. The first-order valence-electron chi connectivity index (χ1n) is 10.3. The van der Waals surface area contributed by atoms with Gasteiger partial charge in [-0.2, -0.15) is 0 Å².